The molecule has 0 saturated heterocycles. The standard InChI is InChI=1S/C12H11N3O2S/c1-14-10-9(11(16)15(2)12(14)17)7(6-13-10)8-4-3-5-18-8/h3-6,13H,1-2H3. The lowest BCUT2D eigenvalue weighted by molar-refractivity contribution is 0.710. The largest absolute Gasteiger partial charge is 0.347 e. The molecule has 3 aromatic heterocycles. The number of nitrogens with zero attached hydrogens (tertiary/aromatic N) is 2. The molecule has 0 radical (unpaired) electrons. The van der Waals surface area contributed by atoms with Gasteiger partial charge < -0.3 is 4.98 Å². The summed E-state index contributed by atoms with van der Waals surface area (Å²) in [6.45, 7) is 0. The van der Waals surface area contributed by atoms with Crippen molar-refractivity contribution >= 4 is 22.4 Å². The molecule has 6 heteroatoms. The average Bonchev–Trinajstić information content (AvgIpc) is 3.01. The molecule has 0 aliphatic rings. The fourth-order valence-corrected chi connectivity index (χ4v) is 2.84. The van der Waals surface area contributed by atoms with E-state index in [4.69, 9.17) is 0 Å². The zero-order chi connectivity index (χ0) is 12.9. The molecule has 0 aliphatic carbocycles. The van der Waals surface area contributed by atoms with Crippen LogP contribution in [-0.4, -0.2) is 14.1 Å². The normalized spacial score (nSPS) is 11.2. The minimum Gasteiger partial charge on any atom is -0.347 e. The summed E-state index contributed by atoms with van der Waals surface area (Å²) >= 11 is 1.56. The zero-order valence-corrected chi connectivity index (χ0v) is 10.7. The van der Waals surface area contributed by atoms with Crippen LogP contribution in [-0.2, 0) is 14.1 Å². The topological polar surface area (TPSA) is 59.8 Å². The van der Waals surface area contributed by atoms with E-state index in [1.165, 1.54) is 11.6 Å². The van der Waals surface area contributed by atoms with Crippen LogP contribution in [0, 0.1) is 0 Å². The molecule has 0 saturated carbocycles. The van der Waals surface area contributed by atoms with Gasteiger partial charge in [-0.05, 0) is 11.4 Å². The monoisotopic (exact) mass is 261 g/mol. The average molecular weight is 261 g/mol. The van der Waals surface area contributed by atoms with Gasteiger partial charge in [0.15, 0.2) is 0 Å². The summed E-state index contributed by atoms with van der Waals surface area (Å²) in [7, 11) is 3.15. The first kappa shape index (κ1) is 11.0. The van der Waals surface area contributed by atoms with Crippen molar-refractivity contribution in [1.29, 1.82) is 0 Å². The van der Waals surface area contributed by atoms with Gasteiger partial charge in [0.2, 0.25) is 0 Å². The molecule has 3 rings (SSSR count). The molecule has 0 unspecified atom stereocenters. The molecule has 5 nitrogen and oxygen atoms in total. The molecule has 3 heterocycles. The van der Waals surface area contributed by atoms with Crippen molar-refractivity contribution in [1.82, 2.24) is 14.1 Å². The van der Waals surface area contributed by atoms with E-state index in [0.29, 0.717) is 11.0 Å². The van der Waals surface area contributed by atoms with E-state index >= 15 is 0 Å². The second kappa shape index (κ2) is 3.71. The summed E-state index contributed by atoms with van der Waals surface area (Å²) < 4.78 is 2.58. The van der Waals surface area contributed by atoms with Gasteiger partial charge in [0.25, 0.3) is 5.56 Å². The first-order valence-electron chi connectivity index (χ1n) is 5.42. The Balaban J connectivity index is 2.53. The van der Waals surface area contributed by atoms with Crippen LogP contribution in [0.2, 0.25) is 0 Å². The lowest BCUT2D eigenvalue weighted by Crippen LogP contribution is -2.36. The summed E-state index contributed by atoms with van der Waals surface area (Å²) in [6.07, 6.45) is 1.78. The number of aryl methyl sites for hydroxylation is 1. The molecule has 0 atom stereocenters. The molecule has 18 heavy (non-hydrogen) atoms. The maximum Gasteiger partial charge on any atom is 0.332 e. The van der Waals surface area contributed by atoms with E-state index in [1.54, 1.807) is 24.6 Å². The second-order valence-electron chi connectivity index (χ2n) is 4.11. The maximum absolute atomic E-state index is 12.2. The number of aromatic amines is 1. The summed E-state index contributed by atoms with van der Waals surface area (Å²) in [5, 5.41) is 2.52. The van der Waals surface area contributed by atoms with Gasteiger partial charge in [0.1, 0.15) is 5.65 Å². The molecule has 0 bridgehead atoms. The molecular formula is C12H11N3O2S. The van der Waals surface area contributed by atoms with E-state index in [0.717, 1.165) is 15.0 Å². The Bertz CT molecular complexity index is 837. The van der Waals surface area contributed by atoms with Gasteiger partial charge >= 0.3 is 5.69 Å². The SMILES string of the molecule is Cn1c(=O)c2c(-c3cccs3)c[nH]c2n(C)c1=O. The highest BCUT2D eigenvalue weighted by atomic mass is 32.1. The van der Waals surface area contributed by atoms with Gasteiger partial charge in [0, 0.05) is 30.7 Å². The number of fused-ring (bicyclic) bond motifs is 1. The van der Waals surface area contributed by atoms with Crippen molar-refractivity contribution in [2.45, 2.75) is 0 Å². The van der Waals surface area contributed by atoms with E-state index in [2.05, 4.69) is 4.98 Å². The minimum atomic E-state index is -0.327. The number of rotatable bonds is 1. The Kier molecular flexibility index (Phi) is 2.27. The van der Waals surface area contributed by atoms with Crippen molar-refractivity contribution in [3.8, 4) is 10.4 Å². The number of hydrogen-bond acceptors (Lipinski definition) is 3. The highest BCUT2D eigenvalue weighted by Crippen LogP contribution is 2.29. The van der Waals surface area contributed by atoms with Gasteiger partial charge in [-0.15, -0.1) is 11.3 Å². The first-order chi connectivity index (χ1) is 8.61. The molecule has 0 aromatic carbocycles. The van der Waals surface area contributed by atoms with Crippen LogP contribution in [0.15, 0.2) is 33.3 Å². The molecule has 0 amide bonds. The number of H-pyrrole nitrogens is 1. The Hall–Kier alpha value is -2.08. The Morgan fingerprint density at radius 2 is 2.00 bits per heavy atom. The second-order valence-corrected chi connectivity index (χ2v) is 5.06. The van der Waals surface area contributed by atoms with Crippen molar-refractivity contribution in [3.63, 3.8) is 0 Å². The minimum absolute atomic E-state index is 0.266. The Morgan fingerprint density at radius 3 is 2.67 bits per heavy atom. The molecule has 0 fully saturated rings. The zero-order valence-electron chi connectivity index (χ0n) is 9.93. The van der Waals surface area contributed by atoms with Crippen molar-refractivity contribution in [2.75, 3.05) is 0 Å². The van der Waals surface area contributed by atoms with Gasteiger partial charge in [-0.1, -0.05) is 6.07 Å². The summed E-state index contributed by atoms with van der Waals surface area (Å²) in [4.78, 5) is 28.0. The molecule has 1 N–H and O–H groups in total. The van der Waals surface area contributed by atoms with E-state index in [9.17, 15) is 9.59 Å². The van der Waals surface area contributed by atoms with Gasteiger partial charge in [-0.2, -0.15) is 0 Å². The van der Waals surface area contributed by atoms with Crippen LogP contribution in [0.1, 0.15) is 0 Å². The van der Waals surface area contributed by atoms with Crippen LogP contribution in [0.4, 0.5) is 0 Å². The number of hydrogen-bond donors (Lipinski definition) is 1. The fraction of sp³-hybridized carbons (Fsp3) is 0.167. The van der Waals surface area contributed by atoms with Crippen LogP contribution >= 0.6 is 11.3 Å². The summed E-state index contributed by atoms with van der Waals surface area (Å²) in [5.74, 6) is 0. The third kappa shape index (κ3) is 1.32. The first-order valence-corrected chi connectivity index (χ1v) is 6.30. The molecule has 0 spiro atoms. The smallest absolute Gasteiger partial charge is 0.332 e. The Labute approximate surface area is 106 Å². The molecule has 92 valence electrons. The summed E-state index contributed by atoms with van der Waals surface area (Å²) in [5.41, 5.74) is 0.813. The van der Waals surface area contributed by atoms with Gasteiger partial charge in [0.05, 0.1) is 5.39 Å². The van der Waals surface area contributed by atoms with Gasteiger partial charge in [-0.3, -0.25) is 13.9 Å². The van der Waals surface area contributed by atoms with E-state index in [1.807, 2.05) is 17.5 Å². The fourth-order valence-electron chi connectivity index (χ4n) is 2.09. The highest BCUT2D eigenvalue weighted by Gasteiger charge is 2.15. The number of thiophene rings is 1. The lowest BCUT2D eigenvalue weighted by Gasteiger charge is -2.03. The predicted octanol–water partition coefficient (Wildman–Crippen LogP) is 1.29. The summed E-state index contributed by atoms with van der Waals surface area (Å²) in [6, 6.07) is 3.89. The maximum atomic E-state index is 12.2. The van der Waals surface area contributed by atoms with E-state index in [-0.39, 0.29) is 11.2 Å². The van der Waals surface area contributed by atoms with Crippen LogP contribution in [0.5, 0.6) is 0 Å². The van der Waals surface area contributed by atoms with Crippen molar-refractivity contribution in [3.05, 3.63) is 44.5 Å². The molecule has 0 aliphatic heterocycles. The third-order valence-corrected chi connectivity index (χ3v) is 3.98. The van der Waals surface area contributed by atoms with Crippen LogP contribution in [0.3, 0.4) is 0 Å². The molecule has 3 aromatic rings. The predicted molar refractivity (Wildman–Crippen MR) is 72.1 cm³/mol. The lowest BCUT2D eigenvalue weighted by atomic mass is 10.2. The molecular weight excluding hydrogens is 250 g/mol. The quantitative estimate of drug-likeness (QED) is 0.717. The number of aromatic nitrogens is 3. The number of nitrogens with one attached hydrogen (secondary N) is 1. The van der Waals surface area contributed by atoms with Crippen molar-refractivity contribution in [2.24, 2.45) is 14.1 Å². The third-order valence-electron chi connectivity index (χ3n) is 3.07. The van der Waals surface area contributed by atoms with Crippen LogP contribution in [0.25, 0.3) is 21.5 Å². The highest BCUT2D eigenvalue weighted by molar-refractivity contribution is 7.13. The van der Waals surface area contributed by atoms with Crippen molar-refractivity contribution < 1.29 is 0 Å². The Morgan fingerprint density at radius 1 is 1.22 bits per heavy atom. The van der Waals surface area contributed by atoms with Gasteiger partial charge in [-0.25, -0.2) is 4.79 Å². The van der Waals surface area contributed by atoms with E-state index < -0.39 is 0 Å². The van der Waals surface area contributed by atoms with Crippen LogP contribution < -0.4 is 11.2 Å².